The highest BCUT2D eigenvalue weighted by Gasteiger charge is 2.46. The molecular formula is C24H25N3O2. The molecule has 5 rings (SSSR count). The lowest BCUT2D eigenvalue weighted by atomic mass is 10.1. The highest BCUT2D eigenvalue weighted by Crippen LogP contribution is 2.48. The van der Waals surface area contributed by atoms with Crippen LogP contribution < -0.4 is 0 Å². The summed E-state index contributed by atoms with van der Waals surface area (Å²) in [5.41, 5.74) is 3.36. The molecule has 2 heterocycles. The summed E-state index contributed by atoms with van der Waals surface area (Å²) in [6.45, 7) is 2.51. The van der Waals surface area contributed by atoms with Gasteiger partial charge >= 0.3 is 0 Å². The van der Waals surface area contributed by atoms with Crippen molar-refractivity contribution in [2.24, 2.45) is 5.92 Å². The highest BCUT2D eigenvalue weighted by atomic mass is 16.2. The Bertz CT molecular complexity index is 1030. The van der Waals surface area contributed by atoms with E-state index in [4.69, 9.17) is 0 Å². The summed E-state index contributed by atoms with van der Waals surface area (Å²) in [6.07, 6.45) is 3.28. The first-order chi connectivity index (χ1) is 14.2. The Labute approximate surface area is 170 Å². The van der Waals surface area contributed by atoms with Gasteiger partial charge in [0, 0.05) is 49.2 Å². The molecule has 148 valence electrons. The van der Waals surface area contributed by atoms with Crippen molar-refractivity contribution in [1.29, 1.82) is 0 Å². The van der Waals surface area contributed by atoms with Gasteiger partial charge in [0.05, 0.1) is 6.42 Å². The number of amides is 2. The lowest BCUT2D eigenvalue weighted by Crippen LogP contribution is -2.51. The van der Waals surface area contributed by atoms with E-state index in [9.17, 15) is 9.59 Å². The molecule has 3 aromatic rings. The van der Waals surface area contributed by atoms with Gasteiger partial charge in [0.15, 0.2) is 0 Å². The van der Waals surface area contributed by atoms with E-state index in [1.807, 2.05) is 58.5 Å². The van der Waals surface area contributed by atoms with Gasteiger partial charge in [-0.25, -0.2) is 0 Å². The quantitative estimate of drug-likeness (QED) is 0.748. The van der Waals surface area contributed by atoms with E-state index in [-0.39, 0.29) is 17.7 Å². The highest BCUT2D eigenvalue weighted by molar-refractivity contribution is 5.89. The van der Waals surface area contributed by atoms with Gasteiger partial charge in [0.25, 0.3) is 0 Å². The largest absolute Gasteiger partial charge is 0.361 e. The molecule has 29 heavy (non-hydrogen) atoms. The van der Waals surface area contributed by atoms with Gasteiger partial charge in [-0.05, 0) is 29.5 Å². The average molecular weight is 387 g/mol. The minimum absolute atomic E-state index is 0.117. The van der Waals surface area contributed by atoms with Crippen LogP contribution in [0.25, 0.3) is 10.9 Å². The molecule has 2 aliphatic rings. The summed E-state index contributed by atoms with van der Waals surface area (Å²) >= 11 is 0. The van der Waals surface area contributed by atoms with Crippen LogP contribution in [0.4, 0.5) is 0 Å². The number of aromatic nitrogens is 1. The van der Waals surface area contributed by atoms with Crippen LogP contribution in [0.2, 0.25) is 0 Å². The average Bonchev–Trinajstić information content (AvgIpc) is 3.49. The van der Waals surface area contributed by atoms with Crippen LogP contribution in [-0.4, -0.2) is 52.8 Å². The molecule has 2 unspecified atom stereocenters. The second-order valence-corrected chi connectivity index (χ2v) is 8.10. The maximum Gasteiger partial charge on any atom is 0.227 e. The number of carbonyl (C=O) groups excluding carboxylic acids is 2. The van der Waals surface area contributed by atoms with Crippen molar-refractivity contribution in [2.45, 2.75) is 18.8 Å². The molecule has 1 aliphatic carbocycles. The first-order valence-electron chi connectivity index (χ1n) is 10.4. The Morgan fingerprint density at radius 3 is 2.38 bits per heavy atom. The number of piperazine rings is 1. The van der Waals surface area contributed by atoms with Crippen LogP contribution in [0.3, 0.4) is 0 Å². The number of benzene rings is 2. The summed E-state index contributed by atoms with van der Waals surface area (Å²) < 4.78 is 0. The van der Waals surface area contributed by atoms with Crippen LogP contribution in [-0.2, 0) is 16.0 Å². The SMILES string of the molecule is O=C(Cc1c[nH]c2ccccc12)N1CCN(C(=O)C2CC2c2ccccc2)CC1. The minimum Gasteiger partial charge on any atom is -0.361 e. The third kappa shape index (κ3) is 3.53. The topological polar surface area (TPSA) is 56.4 Å². The fourth-order valence-electron chi connectivity index (χ4n) is 4.50. The minimum atomic E-state index is 0.117. The Morgan fingerprint density at radius 2 is 1.59 bits per heavy atom. The number of nitrogens with one attached hydrogen (secondary N) is 1. The molecule has 2 aromatic carbocycles. The molecule has 1 saturated carbocycles. The number of rotatable bonds is 4. The van der Waals surface area contributed by atoms with Gasteiger partial charge in [-0.15, -0.1) is 0 Å². The van der Waals surface area contributed by atoms with Crippen LogP contribution in [0.1, 0.15) is 23.5 Å². The summed E-state index contributed by atoms with van der Waals surface area (Å²) in [6, 6.07) is 18.4. The standard InChI is InChI=1S/C24H25N3O2/c28-23(14-18-16-25-22-9-5-4-8-19(18)22)26-10-12-27(13-11-26)24(29)21-15-20(21)17-6-2-1-3-7-17/h1-9,16,20-21,25H,10-15H2. The molecule has 1 aliphatic heterocycles. The number of hydrogen-bond donors (Lipinski definition) is 1. The first-order valence-corrected chi connectivity index (χ1v) is 10.4. The third-order valence-electron chi connectivity index (χ3n) is 6.30. The number of fused-ring (bicyclic) bond motifs is 1. The Hall–Kier alpha value is -3.08. The molecule has 5 heteroatoms. The molecule has 1 saturated heterocycles. The third-order valence-corrected chi connectivity index (χ3v) is 6.30. The van der Waals surface area contributed by atoms with Crippen molar-refractivity contribution >= 4 is 22.7 Å². The van der Waals surface area contributed by atoms with E-state index in [0.717, 1.165) is 22.9 Å². The first kappa shape index (κ1) is 18.0. The molecular weight excluding hydrogens is 362 g/mol. The fourth-order valence-corrected chi connectivity index (χ4v) is 4.50. The molecule has 1 aromatic heterocycles. The van der Waals surface area contributed by atoms with Crippen molar-refractivity contribution < 1.29 is 9.59 Å². The van der Waals surface area contributed by atoms with E-state index in [1.54, 1.807) is 0 Å². The second-order valence-electron chi connectivity index (χ2n) is 8.10. The molecule has 0 bridgehead atoms. The van der Waals surface area contributed by atoms with E-state index < -0.39 is 0 Å². The fraction of sp³-hybridized carbons (Fsp3) is 0.333. The molecule has 2 atom stereocenters. The number of carbonyl (C=O) groups is 2. The monoisotopic (exact) mass is 387 g/mol. The number of H-pyrrole nitrogens is 1. The summed E-state index contributed by atoms with van der Waals surface area (Å²) in [4.78, 5) is 32.7. The molecule has 2 fully saturated rings. The molecule has 1 N–H and O–H groups in total. The Kier molecular flexibility index (Phi) is 4.58. The number of hydrogen-bond acceptors (Lipinski definition) is 2. The van der Waals surface area contributed by atoms with Crippen LogP contribution >= 0.6 is 0 Å². The van der Waals surface area contributed by atoms with Crippen LogP contribution in [0.15, 0.2) is 60.8 Å². The maximum absolute atomic E-state index is 12.8. The number of nitrogens with zero attached hydrogens (tertiary/aromatic N) is 2. The van der Waals surface area contributed by atoms with E-state index >= 15 is 0 Å². The van der Waals surface area contributed by atoms with Gasteiger partial charge in [-0.2, -0.15) is 0 Å². The normalized spacial score (nSPS) is 21.4. The number of para-hydroxylation sites is 1. The van der Waals surface area contributed by atoms with Gasteiger partial charge in [0.1, 0.15) is 0 Å². The van der Waals surface area contributed by atoms with Crippen molar-refractivity contribution in [3.8, 4) is 0 Å². The summed E-state index contributed by atoms with van der Waals surface area (Å²) in [5, 5.41) is 1.11. The molecule has 0 spiro atoms. The summed E-state index contributed by atoms with van der Waals surface area (Å²) in [5.74, 6) is 0.870. The van der Waals surface area contributed by atoms with Gasteiger partial charge in [-0.3, -0.25) is 9.59 Å². The Balaban J connectivity index is 1.15. The van der Waals surface area contributed by atoms with Crippen LogP contribution in [0.5, 0.6) is 0 Å². The number of aromatic amines is 1. The second kappa shape index (κ2) is 7.39. The zero-order chi connectivity index (χ0) is 19.8. The lowest BCUT2D eigenvalue weighted by Gasteiger charge is -2.35. The maximum atomic E-state index is 12.8. The van der Waals surface area contributed by atoms with Crippen molar-refractivity contribution in [3.63, 3.8) is 0 Å². The van der Waals surface area contributed by atoms with Crippen molar-refractivity contribution in [2.75, 3.05) is 26.2 Å². The van der Waals surface area contributed by atoms with Crippen molar-refractivity contribution in [1.82, 2.24) is 14.8 Å². The zero-order valence-corrected chi connectivity index (χ0v) is 16.4. The van der Waals surface area contributed by atoms with E-state index in [1.165, 1.54) is 5.56 Å². The van der Waals surface area contributed by atoms with Gasteiger partial charge in [0.2, 0.25) is 11.8 Å². The predicted octanol–water partition coefficient (Wildman–Crippen LogP) is 3.18. The zero-order valence-electron chi connectivity index (χ0n) is 16.4. The molecule has 2 amide bonds. The Morgan fingerprint density at radius 1 is 0.897 bits per heavy atom. The molecule has 5 nitrogen and oxygen atoms in total. The van der Waals surface area contributed by atoms with Crippen LogP contribution in [0, 0.1) is 5.92 Å². The summed E-state index contributed by atoms with van der Waals surface area (Å²) in [7, 11) is 0. The van der Waals surface area contributed by atoms with Gasteiger partial charge in [-0.1, -0.05) is 48.5 Å². The predicted molar refractivity (Wildman–Crippen MR) is 112 cm³/mol. The van der Waals surface area contributed by atoms with Crippen molar-refractivity contribution in [3.05, 3.63) is 71.9 Å². The van der Waals surface area contributed by atoms with Gasteiger partial charge < -0.3 is 14.8 Å². The van der Waals surface area contributed by atoms with E-state index in [2.05, 4.69) is 17.1 Å². The smallest absolute Gasteiger partial charge is 0.227 e. The lowest BCUT2D eigenvalue weighted by molar-refractivity contribution is -0.140. The molecule has 0 radical (unpaired) electrons. The van der Waals surface area contributed by atoms with E-state index in [0.29, 0.717) is 38.5 Å².